The van der Waals surface area contributed by atoms with E-state index in [9.17, 15) is 13.6 Å². The third-order valence-corrected chi connectivity index (χ3v) is 4.55. The van der Waals surface area contributed by atoms with Crippen LogP contribution >= 0.6 is 15.9 Å². The Morgan fingerprint density at radius 2 is 1.85 bits per heavy atom. The van der Waals surface area contributed by atoms with Crippen molar-refractivity contribution < 1.29 is 18.3 Å². The van der Waals surface area contributed by atoms with Crippen LogP contribution in [0.25, 0.3) is 11.3 Å². The first-order valence-corrected chi connectivity index (χ1v) is 8.53. The molecule has 0 radical (unpaired) electrons. The van der Waals surface area contributed by atoms with E-state index in [1.807, 2.05) is 0 Å². The quantitative estimate of drug-likeness (QED) is 0.660. The molecule has 0 atom stereocenters. The maximum absolute atomic E-state index is 13.7. The molecule has 140 valence electrons. The summed E-state index contributed by atoms with van der Waals surface area (Å²) in [5.41, 5.74) is 7.30. The summed E-state index contributed by atoms with van der Waals surface area (Å²) in [6.45, 7) is 0. The van der Waals surface area contributed by atoms with E-state index in [0.717, 1.165) is 21.5 Å². The number of aryl methyl sites for hydroxylation is 1. The number of benzene rings is 2. The molecule has 0 saturated heterocycles. The molecular formula is C18H15BrF2N4O2. The highest BCUT2D eigenvalue weighted by molar-refractivity contribution is 9.10. The lowest BCUT2D eigenvalue weighted by Gasteiger charge is -2.22. The first-order chi connectivity index (χ1) is 12.8. The molecular weight excluding hydrogens is 422 g/mol. The van der Waals surface area contributed by atoms with Crippen LogP contribution in [0.1, 0.15) is 0 Å². The highest BCUT2D eigenvalue weighted by Gasteiger charge is 2.21. The molecule has 0 aliphatic rings. The number of urea groups is 1. The molecule has 2 aromatic carbocycles. The number of ether oxygens (including phenoxy) is 1. The predicted octanol–water partition coefficient (Wildman–Crippen LogP) is 4.35. The van der Waals surface area contributed by atoms with Gasteiger partial charge < -0.3 is 10.5 Å². The maximum Gasteiger partial charge on any atom is 0.323 e. The second kappa shape index (κ2) is 7.36. The molecule has 2 amide bonds. The van der Waals surface area contributed by atoms with Crippen LogP contribution in [0.5, 0.6) is 5.75 Å². The van der Waals surface area contributed by atoms with Crippen LogP contribution in [-0.4, -0.2) is 22.9 Å². The van der Waals surface area contributed by atoms with Gasteiger partial charge >= 0.3 is 6.03 Å². The number of methoxy groups -OCH3 is 1. The molecule has 0 saturated carbocycles. The van der Waals surface area contributed by atoms with E-state index < -0.39 is 17.7 Å². The predicted molar refractivity (Wildman–Crippen MR) is 101 cm³/mol. The molecule has 0 bridgehead atoms. The molecule has 2 N–H and O–H groups in total. The van der Waals surface area contributed by atoms with Gasteiger partial charge in [-0.2, -0.15) is 5.10 Å². The van der Waals surface area contributed by atoms with Gasteiger partial charge in [0.05, 0.1) is 34.8 Å². The first-order valence-electron chi connectivity index (χ1n) is 7.74. The lowest BCUT2D eigenvalue weighted by atomic mass is 10.1. The molecule has 27 heavy (non-hydrogen) atoms. The number of carbonyl (C=O) groups is 1. The van der Waals surface area contributed by atoms with E-state index in [-0.39, 0.29) is 5.69 Å². The fourth-order valence-electron chi connectivity index (χ4n) is 2.76. The summed E-state index contributed by atoms with van der Waals surface area (Å²) in [4.78, 5) is 13.1. The van der Waals surface area contributed by atoms with Crippen molar-refractivity contribution in [2.24, 2.45) is 12.8 Å². The number of aromatic nitrogens is 2. The van der Waals surface area contributed by atoms with Gasteiger partial charge in [-0.25, -0.2) is 13.6 Å². The highest BCUT2D eigenvalue weighted by Crippen LogP contribution is 2.38. The van der Waals surface area contributed by atoms with Crippen molar-refractivity contribution in [2.75, 3.05) is 12.0 Å². The zero-order valence-corrected chi connectivity index (χ0v) is 16.0. The van der Waals surface area contributed by atoms with Crippen molar-refractivity contribution in [3.63, 3.8) is 0 Å². The number of carbonyl (C=O) groups excluding carboxylic acids is 1. The Morgan fingerprint density at radius 1 is 1.19 bits per heavy atom. The van der Waals surface area contributed by atoms with E-state index >= 15 is 0 Å². The van der Waals surface area contributed by atoms with Crippen molar-refractivity contribution in [3.05, 3.63) is 58.7 Å². The number of amides is 2. The Hall–Kier alpha value is -2.94. The summed E-state index contributed by atoms with van der Waals surface area (Å²) >= 11 is 3.43. The number of halogens is 3. The molecule has 3 rings (SSSR count). The zero-order valence-electron chi connectivity index (χ0n) is 14.4. The van der Waals surface area contributed by atoms with E-state index in [1.165, 1.54) is 13.2 Å². The van der Waals surface area contributed by atoms with Crippen LogP contribution in [0.4, 0.5) is 25.0 Å². The van der Waals surface area contributed by atoms with E-state index in [2.05, 4.69) is 21.0 Å². The van der Waals surface area contributed by atoms with Crippen LogP contribution < -0.4 is 15.4 Å². The maximum atomic E-state index is 13.7. The number of anilines is 2. The van der Waals surface area contributed by atoms with Crippen LogP contribution in [-0.2, 0) is 7.05 Å². The molecule has 3 aromatic rings. The molecule has 0 aliphatic heterocycles. The fourth-order valence-corrected chi connectivity index (χ4v) is 3.32. The third kappa shape index (κ3) is 3.50. The lowest BCUT2D eigenvalue weighted by molar-refractivity contribution is 0.256. The average molecular weight is 437 g/mol. The number of rotatable bonds is 4. The van der Waals surface area contributed by atoms with Crippen LogP contribution in [0.15, 0.2) is 47.1 Å². The summed E-state index contributed by atoms with van der Waals surface area (Å²) in [6.07, 6.45) is 1.63. The monoisotopic (exact) mass is 436 g/mol. The number of primary amides is 1. The van der Waals surface area contributed by atoms with Gasteiger partial charge in [0.15, 0.2) is 11.6 Å². The van der Waals surface area contributed by atoms with Crippen molar-refractivity contribution in [1.29, 1.82) is 0 Å². The SMILES string of the molecule is COc1ccc(N(C(N)=O)c2ccc(F)c(F)c2)cc1-c1c(Br)cnn1C. The lowest BCUT2D eigenvalue weighted by Crippen LogP contribution is -2.31. The van der Waals surface area contributed by atoms with Gasteiger partial charge in [0.25, 0.3) is 0 Å². The van der Waals surface area contributed by atoms with Crippen LogP contribution in [0.2, 0.25) is 0 Å². The van der Waals surface area contributed by atoms with Gasteiger partial charge in [-0.05, 0) is 46.3 Å². The topological polar surface area (TPSA) is 73.4 Å². The molecule has 1 aromatic heterocycles. The fraction of sp³-hybridized carbons (Fsp3) is 0.111. The minimum atomic E-state index is -1.08. The van der Waals surface area contributed by atoms with Crippen LogP contribution in [0.3, 0.4) is 0 Å². The standard InChI is InChI=1S/C18H15BrF2N4O2/c1-24-17(13(19)9-23-24)12-7-10(4-6-16(12)27-2)25(18(22)26)11-3-5-14(20)15(21)8-11/h3-9H,1-2H3,(H2,22,26). The average Bonchev–Trinajstić information content (AvgIpc) is 2.96. The number of hydrogen-bond acceptors (Lipinski definition) is 3. The van der Waals surface area contributed by atoms with Gasteiger partial charge in [-0.3, -0.25) is 9.58 Å². The Balaban J connectivity index is 2.18. The Morgan fingerprint density at radius 3 is 2.41 bits per heavy atom. The van der Waals surface area contributed by atoms with Gasteiger partial charge in [-0.15, -0.1) is 0 Å². The van der Waals surface area contributed by atoms with E-state index in [1.54, 1.807) is 36.1 Å². The van der Waals surface area contributed by atoms with Gasteiger partial charge in [0.1, 0.15) is 5.75 Å². The molecule has 0 unspecified atom stereocenters. The summed E-state index contributed by atoms with van der Waals surface area (Å²) in [5, 5.41) is 4.17. The van der Waals surface area contributed by atoms with Gasteiger partial charge in [-0.1, -0.05) is 0 Å². The minimum absolute atomic E-state index is 0.0987. The van der Waals surface area contributed by atoms with Crippen molar-refractivity contribution in [2.45, 2.75) is 0 Å². The molecule has 0 spiro atoms. The van der Waals surface area contributed by atoms with E-state index in [4.69, 9.17) is 10.5 Å². The second-order valence-corrected chi connectivity index (χ2v) is 6.48. The summed E-state index contributed by atoms with van der Waals surface area (Å²) in [5.74, 6) is -1.56. The highest BCUT2D eigenvalue weighted by atomic mass is 79.9. The number of nitrogens with two attached hydrogens (primary N) is 1. The normalized spacial score (nSPS) is 10.7. The summed E-state index contributed by atoms with van der Waals surface area (Å²) in [7, 11) is 3.28. The third-order valence-electron chi connectivity index (χ3n) is 3.97. The second-order valence-electron chi connectivity index (χ2n) is 5.62. The molecule has 6 nitrogen and oxygen atoms in total. The number of nitrogens with zero attached hydrogens (tertiary/aromatic N) is 3. The largest absolute Gasteiger partial charge is 0.496 e. The van der Waals surface area contributed by atoms with Crippen molar-refractivity contribution in [3.8, 4) is 17.0 Å². The Bertz CT molecular complexity index is 1000. The molecule has 0 aliphatic carbocycles. The molecule has 9 heteroatoms. The van der Waals surface area contributed by atoms with Gasteiger partial charge in [0, 0.05) is 18.7 Å². The molecule has 1 heterocycles. The summed E-state index contributed by atoms with van der Waals surface area (Å²) < 4.78 is 34.7. The Kier molecular flexibility index (Phi) is 5.13. The number of hydrogen-bond donors (Lipinski definition) is 1. The van der Waals surface area contributed by atoms with Crippen molar-refractivity contribution in [1.82, 2.24) is 9.78 Å². The minimum Gasteiger partial charge on any atom is -0.496 e. The van der Waals surface area contributed by atoms with Crippen molar-refractivity contribution >= 4 is 33.3 Å². The molecule has 0 fully saturated rings. The van der Waals surface area contributed by atoms with E-state index in [0.29, 0.717) is 22.7 Å². The van der Waals surface area contributed by atoms with Gasteiger partial charge in [0.2, 0.25) is 0 Å². The Labute approximate surface area is 162 Å². The summed E-state index contributed by atoms with van der Waals surface area (Å²) in [6, 6.07) is 7.17. The smallest absolute Gasteiger partial charge is 0.323 e. The van der Waals surface area contributed by atoms with Crippen LogP contribution in [0, 0.1) is 11.6 Å². The zero-order chi connectivity index (χ0) is 19.7. The first kappa shape index (κ1) is 18.8.